The van der Waals surface area contributed by atoms with Gasteiger partial charge < -0.3 is 10.1 Å². The molecular formula is C11H19N5O2. The van der Waals surface area contributed by atoms with Gasteiger partial charge in [-0.25, -0.2) is 0 Å². The summed E-state index contributed by atoms with van der Waals surface area (Å²) in [5.74, 6) is 0.219. The zero-order valence-electron chi connectivity index (χ0n) is 10.6. The summed E-state index contributed by atoms with van der Waals surface area (Å²) < 4.78 is 5.30. The summed E-state index contributed by atoms with van der Waals surface area (Å²) in [6, 6.07) is 0. The topological polar surface area (TPSA) is 83.1 Å². The molecule has 18 heavy (non-hydrogen) atoms. The van der Waals surface area contributed by atoms with E-state index in [0.29, 0.717) is 18.2 Å². The molecule has 1 aliphatic heterocycles. The van der Waals surface area contributed by atoms with Crippen molar-refractivity contribution in [2.45, 2.75) is 6.92 Å². The van der Waals surface area contributed by atoms with E-state index in [-0.39, 0.29) is 5.91 Å². The smallest absolute Gasteiger partial charge is 0.273 e. The van der Waals surface area contributed by atoms with Gasteiger partial charge in [-0.15, -0.1) is 0 Å². The van der Waals surface area contributed by atoms with E-state index in [9.17, 15) is 4.79 Å². The Morgan fingerprint density at radius 1 is 1.61 bits per heavy atom. The van der Waals surface area contributed by atoms with Gasteiger partial charge in [0.2, 0.25) is 0 Å². The average Bonchev–Trinajstić information content (AvgIpc) is 2.91. The minimum absolute atomic E-state index is 0.183. The van der Waals surface area contributed by atoms with Crippen LogP contribution in [0.25, 0.3) is 0 Å². The first-order valence-electron chi connectivity index (χ1n) is 6.20. The average molecular weight is 253 g/mol. The highest BCUT2D eigenvalue weighted by atomic mass is 16.5. The van der Waals surface area contributed by atoms with Gasteiger partial charge in [0.1, 0.15) is 0 Å². The van der Waals surface area contributed by atoms with Crippen LogP contribution in [0.4, 0.5) is 0 Å². The Hall–Kier alpha value is -1.47. The molecule has 0 spiro atoms. The van der Waals surface area contributed by atoms with Crippen molar-refractivity contribution in [2.75, 3.05) is 39.4 Å². The zero-order chi connectivity index (χ0) is 12.8. The van der Waals surface area contributed by atoms with Crippen molar-refractivity contribution >= 4 is 5.91 Å². The third kappa shape index (κ3) is 3.78. The van der Waals surface area contributed by atoms with Crippen molar-refractivity contribution in [1.29, 1.82) is 0 Å². The standard InChI is InChI=1S/C11H19N5O2/c1-9(8-16-2-4-18-5-3-16)6-12-11(17)10-7-13-15-14-10/h7,9H,2-6,8H2,1H3,(H,12,17)(H,13,14,15). The van der Waals surface area contributed by atoms with Crippen LogP contribution in [0.5, 0.6) is 0 Å². The van der Waals surface area contributed by atoms with Gasteiger partial charge in [0.25, 0.3) is 5.91 Å². The summed E-state index contributed by atoms with van der Waals surface area (Å²) in [5.41, 5.74) is 0.327. The van der Waals surface area contributed by atoms with Gasteiger partial charge in [0.05, 0.1) is 19.4 Å². The minimum atomic E-state index is -0.183. The second kappa shape index (κ2) is 6.46. The summed E-state index contributed by atoms with van der Waals surface area (Å²) in [6.45, 7) is 7.29. The van der Waals surface area contributed by atoms with Crippen molar-refractivity contribution in [1.82, 2.24) is 25.6 Å². The number of hydrogen-bond donors (Lipinski definition) is 2. The van der Waals surface area contributed by atoms with E-state index in [4.69, 9.17) is 4.74 Å². The molecule has 7 nitrogen and oxygen atoms in total. The summed E-state index contributed by atoms with van der Waals surface area (Å²) in [7, 11) is 0. The monoisotopic (exact) mass is 253 g/mol. The fraction of sp³-hybridized carbons (Fsp3) is 0.727. The van der Waals surface area contributed by atoms with Crippen LogP contribution in [0.15, 0.2) is 6.20 Å². The maximum atomic E-state index is 11.6. The van der Waals surface area contributed by atoms with Gasteiger partial charge in [0.15, 0.2) is 5.69 Å². The number of amides is 1. The normalized spacial score (nSPS) is 18.5. The molecule has 1 aromatic rings. The highest BCUT2D eigenvalue weighted by Crippen LogP contribution is 2.02. The molecule has 0 radical (unpaired) electrons. The Bertz CT molecular complexity index is 362. The number of H-pyrrole nitrogens is 1. The number of hydrogen-bond acceptors (Lipinski definition) is 5. The molecule has 0 saturated carbocycles. The molecule has 1 fully saturated rings. The van der Waals surface area contributed by atoms with Gasteiger partial charge in [-0.05, 0) is 5.92 Å². The summed E-state index contributed by atoms with van der Waals surface area (Å²) in [4.78, 5) is 14.0. The predicted octanol–water partition coefficient (Wildman–Crippen LogP) is -0.497. The number of aromatic amines is 1. The van der Waals surface area contributed by atoms with Crippen LogP contribution < -0.4 is 5.32 Å². The number of nitrogens with zero attached hydrogens (tertiary/aromatic N) is 3. The van der Waals surface area contributed by atoms with E-state index in [0.717, 1.165) is 32.8 Å². The number of carbonyl (C=O) groups is 1. The van der Waals surface area contributed by atoms with Gasteiger partial charge in [-0.2, -0.15) is 15.4 Å². The SMILES string of the molecule is CC(CNC(=O)c1cn[nH]n1)CN1CCOCC1. The molecule has 1 atom stereocenters. The van der Waals surface area contributed by atoms with Crippen LogP contribution in [0.3, 0.4) is 0 Å². The van der Waals surface area contributed by atoms with Crippen molar-refractivity contribution in [3.63, 3.8) is 0 Å². The van der Waals surface area contributed by atoms with Gasteiger partial charge in [-0.1, -0.05) is 6.92 Å². The van der Waals surface area contributed by atoms with E-state index in [1.165, 1.54) is 6.20 Å². The number of ether oxygens (including phenoxy) is 1. The largest absolute Gasteiger partial charge is 0.379 e. The quantitative estimate of drug-likeness (QED) is 0.739. The fourth-order valence-electron chi connectivity index (χ4n) is 1.96. The maximum absolute atomic E-state index is 11.6. The van der Waals surface area contributed by atoms with Crippen LogP contribution >= 0.6 is 0 Å². The summed E-state index contributed by atoms with van der Waals surface area (Å²) in [6.07, 6.45) is 1.42. The number of morpholine rings is 1. The lowest BCUT2D eigenvalue weighted by molar-refractivity contribution is 0.0317. The lowest BCUT2D eigenvalue weighted by Crippen LogP contribution is -2.41. The molecule has 2 heterocycles. The van der Waals surface area contributed by atoms with Crippen LogP contribution in [0.1, 0.15) is 17.4 Å². The third-order valence-corrected chi connectivity index (χ3v) is 2.93. The molecule has 1 aromatic heterocycles. The Labute approximate surface area is 106 Å². The van der Waals surface area contributed by atoms with Crippen LogP contribution in [0, 0.1) is 5.92 Å². The Morgan fingerprint density at radius 2 is 2.39 bits per heavy atom. The molecule has 2 N–H and O–H groups in total. The minimum Gasteiger partial charge on any atom is -0.379 e. The van der Waals surface area contributed by atoms with E-state index in [2.05, 4.69) is 32.6 Å². The highest BCUT2D eigenvalue weighted by molar-refractivity contribution is 5.91. The van der Waals surface area contributed by atoms with Gasteiger partial charge >= 0.3 is 0 Å². The first-order chi connectivity index (χ1) is 8.75. The van der Waals surface area contributed by atoms with E-state index in [1.54, 1.807) is 0 Å². The summed E-state index contributed by atoms with van der Waals surface area (Å²) in [5, 5.41) is 12.6. The number of nitrogens with one attached hydrogen (secondary N) is 2. The van der Waals surface area contributed by atoms with Crippen molar-refractivity contribution in [3.05, 3.63) is 11.9 Å². The van der Waals surface area contributed by atoms with E-state index >= 15 is 0 Å². The number of carbonyl (C=O) groups excluding carboxylic acids is 1. The van der Waals surface area contributed by atoms with Crippen molar-refractivity contribution < 1.29 is 9.53 Å². The molecule has 2 rings (SSSR count). The molecule has 0 aliphatic carbocycles. The van der Waals surface area contributed by atoms with Crippen molar-refractivity contribution in [2.24, 2.45) is 5.92 Å². The molecule has 1 unspecified atom stereocenters. The lowest BCUT2D eigenvalue weighted by Gasteiger charge is -2.29. The van der Waals surface area contributed by atoms with E-state index in [1.807, 2.05) is 0 Å². The first-order valence-corrected chi connectivity index (χ1v) is 6.20. The predicted molar refractivity (Wildman–Crippen MR) is 65.1 cm³/mol. The molecule has 100 valence electrons. The molecule has 1 saturated heterocycles. The Balaban J connectivity index is 1.68. The number of rotatable bonds is 5. The third-order valence-electron chi connectivity index (χ3n) is 2.93. The van der Waals surface area contributed by atoms with Gasteiger partial charge in [-0.3, -0.25) is 9.69 Å². The molecule has 1 aliphatic rings. The van der Waals surface area contributed by atoms with E-state index < -0.39 is 0 Å². The second-order valence-corrected chi connectivity index (χ2v) is 4.58. The fourth-order valence-corrected chi connectivity index (χ4v) is 1.96. The second-order valence-electron chi connectivity index (χ2n) is 4.58. The first kappa shape index (κ1) is 13.0. The molecule has 1 amide bonds. The molecule has 7 heteroatoms. The van der Waals surface area contributed by atoms with Crippen LogP contribution in [0.2, 0.25) is 0 Å². The maximum Gasteiger partial charge on any atom is 0.273 e. The lowest BCUT2D eigenvalue weighted by atomic mass is 10.1. The summed E-state index contributed by atoms with van der Waals surface area (Å²) >= 11 is 0. The molecule has 0 aromatic carbocycles. The molecule has 0 bridgehead atoms. The van der Waals surface area contributed by atoms with Gasteiger partial charge in [0, 0.05) is 26.2 Å². The van der Waals surface area contributed by atoms with Crippen molar-refractivity contribution in [3.8, 4) is 0 Å². The highest BCUT2D eigenvalue weighted by Gasteiger charge is 2.15. The molecular weight excluding hydrogens is 234 g/mol. The Morgan fingerprint density at radius 3 is 3.06 bits per heavy atom. The number of aromatic nitrogens is 3. The Kier molecular flexibility index (Phi) is 4.66. The van der Waals surface area contributed by atoms with Crippen LogP contribution in [-0.4, -0.2) is 65.6 Å². The van der Waals surface area contributed by atoms with Crippen LogP contribution in [-0.2, 0) is 4.74 Å². The zero-order valence-corrected chi connectivity index (χ0v) is 10.6.